The van der Waals surface area contributed by atoms with E-state index in [0.717, 1.165) is 25.7 Å². The lowest BCUT2D eigenvalue weighted by Crippen LogP contribution is -2.29. The molecule has 5 nitrogen and oxygen atoms in total. The summed E-state index contributed by atoms with van der Waals surface area (Å²) in [6.45, 7) is 0. The van der Waals surface area contributed by atoms with E-state index < -0.39 is 5.97 Å². The van der Waals surface area contributed by atoms with Gasteiger partial charge in [-0.2, -0.15) is 0 Å². The Morgan fingerprint density at radius 3 is 1.84 bits per heavy atom. The van der Waals surface area contributed by atoms with E-state index in [1.54, 1.807) is 12.1 Å². The van der Waals surface area contributed by atoms with Crippen LogP contribution < -0.4 is 10.6 Å². The predicted molar refractivity (Wildman–Crippen MR) is 73.7 cm³/mol. The average molecular weight is 261 g/mol. The largest absolute Gasteiger partial charge is 0.478 e. The van der Waals surface area contributed by atoms with Crippen molar-refractivity contribution in [3.8, 4) is 0 Å². The number of pyridine rings is 1. The van der Waals surface area contributed by atoms with E-state index in [2.05, 4.69) is 15.6 Å². The molecule has 2 saturated carbocycles. The molecular weight excluding hydrogens is 242 g/mol. The van der Waals surface area contributed by atoms with E-state index >= 15 is 0 Å². The molecule has 2 aliphatic rings. The zero-order valence-electron chi connectivity index (χ0n) is 10.9. The van der Waals surface area contributed by atoms with Crippen molar-refractivity contribution in [3.05, 3.63) is 17.7 Å². The van der Waals surface area contributed by atoms with Crippen molar-refractivity contribution < 1.29 is 9.90 Å². The van der Waals surface area contributed by atoms with Gasteiger partial charge in [0.25, 0.3) is 0 Å². The van der Waals surface area contributed by atoms with Gasteiger partial charge in [-0.05, 0) is 50.7 Å². The number of carboxylic acids is 1. The summed E-state index contributed by atoms with van der Waals surface area (Å²) in [5.74, 6) is 0.438. The maximum Gasteiger partial charge on any atom is 0.335 e. The highest BCUT2D eigenvalue weighted by Crippen LogP contribution is 2.26. The number of aromatic nitrogens is 1. The minimum atomic E-state index is -0.907. The van der Waals surface area contributed by atoms with Crippen molar-refractivity contribution in [2.45, 2.75) is 50.6 Å². The Balaban J connectivity index is 1.78. The summed E-state index contributed by atoms with van der Waals surface area (Å²) in [5.41, 5.74) is 0.290. The summed E-state index contributed by atoms with van der Waals surface area (Å²) < 4.78 is 0. The minimum Gasteiger partial charge on any atom is -0.478 e. The molecule has 0 aromatic carbocycles. The highest BCUT2D eigenvalue weighted by atomic mass is 16.4. The number of carboxylic acid groups (broad SMARTS) is 1. The molecule has 0 unspecified atom stereocenters. The second-order valence-corrected chi connectivity index (χ2v) is 5.48. The lowest BCUT2D eigenvalue weighted by Gasteiger charge is -2.29. The summed E-state index contributed by atoms with van der Waals surface area (Å²) in [5, 5.41) is 15.8. The van der Waals surface area contributed by atoms with Gasteiger partial charge >= 0.3 is 5.97 Å². The second-order valence-electron chi connectivity index (χ2n) is 5.48. The van der Waals surface area contributed by atoms with E-state index in [0.29, 0.717) is 29.3 Å². The summed E-state index contributed by atoms with van der Waals surface area (Å²) in [7, 11) is 0. The fraction of sp³-hybridized carbons (Fsp3) is 0.571. The van der Waals surface area contributed by atoms with Crippen LogP contribution in [-0.2, 0) is 0 Å². The molecule has 3 N–H and O–H groups in total. The van der Waals surface area contributed by atoms with Crippen LogP contribution in [0, 0.1) is 0 Å². The van der Waals surface area contributed by atoms with Crippen LogP contribution in [0.5, 0.6) is 0 Å². The first-order valence-corrected chi connectivity index (χ1v) is 6.99. The summed E-state index contributed by atoms with van der Waals surface area (Å²) in [4.78, 5) is 15.6. The molecule has 0 atom stereocenters. The highest BCUT2D eigenvalue weighted by molar-refractivity contribution is 5.89. The molecule has 1 aromatic rings. The van der Waals surface area contributed by atoms with Gasteiger partial charge in [0.1, 0.15) is 11.6 Å². The molecule has 1 heterocycles. The van der Waals surface area contributed by atoms with Gasteiger partial charge in [0.2, 0.25) is 0 Å². The zero-order chi connectivity index (χ0) is 13.2. The average Bonchev–Trinajstić information content (AvgIpc) is 2.28. The monoisotopic (exact) mass is 261 g/mol. The number of aromatic carboxylic acids is 1. The molecule has 3 rings (SSSR count). The van der Waals surface area contributed by atoms with Crippen molar-refractivity contribution >= 4 is 17.6 Å². The number of hydrogen-bond donors (Lipinski definition) is 3. The predicted octanol–water partition coefficient (Wildman–Crippen LogP) is 2.71. The van der Waals surface area contributed by atoms with Gasteiger partial charge in [0.15, 0.2) is 0 Å². The molecular formula is C14H19N3O2. The molecule has 0 spiro atoms. The molecule has 19 heavy (non-hydrogen) atoms. The molecule has 2 aliphatic carbocycles. The third-order valence-corrected chi connectivity index (χ3v) is 3.99. The number of rotatable bonds is 5. The van der Waals surface area contributed by atoms with Crippen LogP contribution in [-0.4, -0.2) is 28.1 Å². The summed E-state index contributed by atoms with van der Waals surface area (Å²) in [6.07, 6.45) is 7.05. The Bertz CT molecular complexity index is 447. The Hall–Kier alpha value is -1.78. The third-order valence-electron chi connectivity index (χ3n) is 3.99. The third kappa shape index (κ3) is 2.80. The number of carbonyl (C=O) groups is 1. The van der Waals surface area contributed by atoms with E-state index in [-0.39, 0.29) is 0 Å². The van der Waals surface area contributed by atoms with Crippen molar-refractivity contribution in [3.63, 3.8) is 0 Å². The second kappa shape index (κ2) is 5.07. The van der Waals surface area contributed by atoms with E-state index in [1.165, 1.54) is 12.8 Å². The number of nitrogens with one attached hydrogen (secondary N) is 2. The minimum absolute atomic E-state index is 0.290. The molecule has 102 valence electrons. The van der Waals surface area contributed by atoms with E-state index in [9.17, 15) is 4.79 Å². The van der Waals surface area contributed by atoms with E-state index in [1.807, 2.05) is 0 Å². The Morgan fingerprint density at radius 1 is 1.05 bits per heavy atom. The van der Waals surface area contributed by atoms with Gasteiger partial charge in [-0.25, -0.2) is 9.78 Å². The summed E-state index contributed by atoms with van der Waals surface area (Å²) in [6, 6.07) is 4.14. The van der Waals surface area contributed by atoms with E-state index in [4.69, 9.17) is 5.11 Å². The van der Waals surface area contributed by atoms with Crippen LogP contribution in [0.1, 0.15) is 48.9 Å². The summed E-state index contributed by atoms with van der Waals surface area (Å²) >= 11 is 0. The lowest BCUT2D eigenvalue weighted by atomic mass is 9.93. The van der Waals surface area contributed by atoms with Gasteiger partial charge in [-0.15, -0.1) is 0 Å². The van der Waals surface area contributed by atoms with Crippen LogP contribution in [0.15, 0.2) is 12.1 Å². The van der Waals surface area contributed by atoms with Gasteiger partial charge in [-0.1, -0.05) is 0 Å². The van der Waals surface area contributed by atoms with Gasteiger partial charge < -0.3 is 15.7 Å². The Kier molecular flexibility index (Phi) is 3.27. The SMILES string of the molecule is O=C(O)c1cc(NC2CCC2)nc(NC2CCC2)c1. The first kappa shape index (κ1) is 12.3. The van der Waals surface area contributed by atoms with Gasteiger partial charge in [-0.3, -0.25) is 0 Å². The standard InChI is InChI=1S/C14H19N3O2/c18-14(19)9-7-12(15-10-3-1-4-10)17-13(8-9)16-11-5-2-6-11/h7-8,10-11H,1-6H2,(H,18,19)(H2,15,16,17). The molecule has 0 saturated heterocycles. The lowest BCUT2D eigenvalue weighted by molar-refractivity contribution is 0.0697. The molecule has 0 aliphatic heterocycles. The Morgan fingerprint density at radius 2 is 1.53 bits per heavy atom. The fourth-order valence-electron chi connectivity index (χ4n) is 2.33. The molecule has 0 radical (unpaired) electrons. The van der Waals surface area contributed by atoms with Crippen molar-refractivity contribution in [2.75, 3.05) is 10.6 Å². The number of anilines is 2. The maximum atomic E-state index is 11.2. The highest BCUT2D eigenvalue weighted by Gasteiger charge is 2.21. The van der Waals surface area contributed by atoms with Crippen LogP contribution >= 0.6 is 0 Å². The van der Waals surface area contributed by atoms with Crippen molar-refractivity contribution in [1.82, 2.24) is 4.98 Å². The fourth-order valence-corrected chi connectivity index (χ4v) is 2.33. The molecule has 1 aromatic heterocycles. The Labute approximate surface area is 112 Å². The molecule has 0 bridgehead atoms. The molecule has 0 amide bonds. The number of nitrogens with zero attached hydrogens (tertiary/aromatic N) is 1. The maximum absolute atomic E-state index is 11.2. The number of hydrogen-bond acceptors (Lipinski definition) is 4. The first-order valence-electron chi connectivity index (χ1n) is 6.99. The van der Waals surface area contributed by atoms with Crippen molar-refractivity contribution in [1.29, 1.82) is 0 Å². The first-order chi connectivity index (χ1) is 9.20. The van der Waals surface area contributed by atoms with Crippen LogP contribution in [0.2, 0.25) is 0 Å². The van der Waals surface area contributed by atoms with Gasteiger partial charge in [0.05, 0.1) is 5.56 Å². The zero-order valence-corrected chi connectivity index (χ0v) is 10.9. The van der Waals surface area contributed by atoms with Crippen LogP contribution in [0.3, 0.4) is 0 Å². The quantitative estimate of drug-likeness (QED) is 0.760. The van der Waals surface area contributed by atoms with Gasteiger partial charge in [0, 0.05) is 12.1 Å². The normalized spacial score (nSPS) is 19.4. The van der Waals surface area contributed by atoms with Crippen molar-refractivity contribution in [2.24, 2.45) is 0 Å². The van der Waals surface area contributed by atoms with Crippen LogP contribution in [0.25, 0.3) is 0 Å². The molecule has 2 fully saturated rings. The van der Waals surface area contributed by atoms with Crippen LogP contribution in [0.4, 0.5) is 11.6 Å². The topological polar surface area (TPSA) is 74.2 Å². The smallest absolute Gasteiger partial charge is 0.335 e. The molecule has 5 heteroatoms.